The number of hydrogen-bond donors (Lipinski definition) is 1. The van der Waals surface area contributed by atoms with Crippen LogP contribution in [-0.4, -0.2) is 29.4 Å². The molecule has 0 unspecified atom stereocenters. The van der Waals surface area contributed by atoms with Crippen molar-refractivity contribution in [3.63, 3.8) is 0 Å². The predicted octanol–water partition coefficient (Wildman–Crippen LogP) is 1.08. The smallest absolute Gasteiger partial charge is 0.248 e. The zero-order chi connectivity index (χ0) is 14.5. The van der Waals surface area contributed by atoms with E-state index >= 15 is 0 Å². The Bertz CT molecular complexity index is 743. The minimum atomic E-state index is -3.60. The third-order valence-corrected chi connectivity index (χ3v) is 6.28. The average Bonchev–Trinajstić information content (AvgIpc) is 2.90. The van der Waals surface area contributed by atoms with Gasteiger partial charge >= 0.3 is 0 Å². The van der Waals surface area contributed by atoms with Crippen molar-refractivity contribution in [3.8, 4) is 0 Å². The third-order valence-electron chi connectivity index (χ3n) is 3.28. The summed E-state index contributed by atoms with van der Waals surface area (Å²) in [6.45, 7) is 3.93. The molecular formula is C11H14N4O3S2. The van der Waals surface area contributed by atoms with E-state index in [1.54, 1.807) is 13.8 Å². The Morgan fingerprint density at radius 3 is 2.80 bits per heavy atom. The maximum absolute atomic E-state index is 12.7. The first-order valence-electron chi connectivity index (χ1n) is 6.06. The number of fused-ring (bicyclic) bond motifs is 1. The minimum Gasteiger partial charge on any atom is -0.375 e. The molecule has 7 nitrogen and oxygen atoms in total. The summed E-state index contributed by atoms with van der Waals surface area (Å²) in [5.74, 6) is 0.317. The SMILES string of the molecule is Cc1noc(C)c1S(=O)(=O)N1CCc2nc(N)sc2C1. The van der Waals surface area contributed by atoms with Gasteiger partial charge in [-0.05, 0) is 13.8 Å². The van der Waals surface area contributed by atoms with E-state index < -0.39 is 10.0 Å². The van der Waals surface area contributed by atoms with Gasteiger partial charge in [0.2, 0.25) is 10.0 Å². The number of nitrogens with two attached hydrogens (primary N) is 1. The van der Waals surface area contributed by atoms with E-state index in [1.807, 2.05) is 0 Å². The number of rotatable bonds is 2. The summed E-state index contributed by atoms with van der Waals surface area (Å²) >= 11 is 1.34. The molecule has 0 spiro atoms. The first-order chi connectivity index (χ1) is 9.39. The Morgan fingerprint density at radius 2 is 2.15 bits per heavy atom. The topological polar surface area (TPSA) is 102 Å². The van der Waals surface area contributed by atoms with Gasteiger partial charge in [0.15, 0.2) is 10.9 Å². The number of aromatic nitrogens is 2. The van der Waals surface area contributed by atoms with Gasteiger partial charge < -0.3 is 10.3 Å². The van der Waals surface area contributed by atoms with E-state index in [-0.39, 0.29) is 4.90 Å². The lowest BCUT2D eigenvalue weighted by atomic mass is 10.2. The van der Waals surface area contributed by atoms with Crippen molar-refractivity contribution in [1.82, 2.24) is 14.4 Å². The van der Waals surface area contributed by atoms with Crippen LogP contribution in [0.25, 0.3) is 0 Å². The summed E-state index contributed by atoms with van der Waals surface area (Å²) < 4.78 is 31.8. The van der Waals surface area contributed by atoms with Crippen LogP contribution in [0.3, 0.4) is 0 Å². The highest BCUT2D eigenvalue weighted by Crippen LogP contribution is 2.31. The van der Waals surface area contributed by atoms with Crippen LogP contribution in [0.1, 0.15) is 22.0 Å². The van der Waals surface area contributed by atoms with Crippen LogP contribution in [0, 0.1) is 13.8 Å². The molecule has 0 amide bonds. The van der Waals surface area contributed by atoms with Gasteiger partial charge in [0.25, 0.3) is 0 Å². The molecule has 9 heteroatoms. The van der Waals surface area contributed by atoms with Gasteiger partial charge in [0.1, 0.15) is 10.6 Å². The fourth-order valence-corrected chi connectivity index (χ4v) is 5.05. The number of aryl methyl sites for hydroxylation is 2. The zero-order valence-corrected chi connectivity index (χ0v) is 12.7. The summed E-state index contributed by atoms with van der Waals surface area (Å²) in [6.07, 6.45) is 0.575. The first kappa shape index (κ1) is 13.5. The molecule has 108 valence electrons. The number of anilines is 1. The van der Waals surface area contributed by atoms with Crippen molar-refractivity contribution in [2.75, 3.05) is 12.3 Å². The van der Waals surface area contributed by atoms with E-state index in [0.717, 1.165) is 10.6 Å². The van der Waals surface area contributed by atoms with Crippen LogP contribution in [0.2, 0.25) is 0 Å². The number of hydrogen-bond acceptors (Lipinski definition) is 7. The lowest BCUT2D eigenvalue weighted by molar-refractivity contribution is 0.382. The Balaban J connectivity index is 1.98. The van der Waals surface area contributed by atoms with Gasteiger partial charge in [-0.1, -0.05) is 5.16 Å². The summed E-state index contributed by atoms with van der Waals surface area (Å²) in [5, 5.41) is 4.19. The molecule has 20 heavy (non-hydrogen) atoms. The Hall–Kier alpha value is -1.45. The summed E-state index contributed by atoms with van der Waals surface area (Å²) in [4.78, 5) is 5.28. The molecule has 0 saturated carbocycles. The monoisotopic (exact) mass is 314 g/mol. The molecular weight excluding hydrogens is 300 g/mol. The molecule has 0 atom stereocenters. The highest BCUT2D eigenvalue weighted by molar-refractivity contribution is 7.89. The Labute approximate surface area is 120 Å². The van der Waals surface area contributed by atoms with E-state index in [0.29, 0.717) is 36.1 Å². The van der Waals surface area contributed by atoms with Crippen LogP contribution < -0.4 is 5.73 Å². The van der Waals surface area contributed by atoms with Crippen molar-refractivity contribution in [1.29, 1.82) is 0 Å². The molecule has 3 rings (SSSR count). The normalized spacial score (nSPS) is 16.3. The molecule has 0 saturated heterocycles. The summed E-state index contributed by atoms with van der Waals surface area (Å²) in [6, 6.07) is 0. The van der Waals surface area contributed by atoms with Gasteiger partial charge in [-0.25, -0.2) is 13.4 Å². The molecule has 0 aliphatic carbocycles. The van der Waals surface area contributed by atoms with Crippen LogP contribution in [0.4, 0.5) is 5.13 Å². The fraction of sp³-hybridized carbons (Fsp3) is 0.455. The van der Waals surface area contributed by atoms with Crippen molar-refractivity contribution < 1.29 is 12.9 Å². The maximum atomic E-state index is 12.7. The number of sulfonamides is 1. The highest BCUT2D eigenvalue weighted by Gasteiger charge is 2.34. The second-order valence-electron chi connectivity index (χ2n) is 4.66. The molecule has 2 aromatic rings. The molecule has 3 heterocycles. The van der Waals surface area contributed by atoms with E-state index in [2.05, 4.69) is 10.1 Å². The molecule has 0 bridgehead atoms. The zero-order valence-electron chi connectivity index (χ0n) is 11.1. The minimum absolute atomic E-state index is 0.165. The highest BCUT2D eigenvalue weighted by atomic mass is 32.2. The second kappa shape index (κ2) is 4.54. The largest absolute Gasteiger partial charge is 0.375 e. The van der Waals surface area contributed by atoms with E-state index in [1.165, 1.54) is 15.6 Å². The van der Waals surface area contributed by atoms with Gasteiger partial charge in [-0.15, -0.1) is 11.3 Å². The third kappa shape index (κ3) is 2.02. The van der Waals surface area contributed by atoms with Crippen LogP contribution in [0.5, 0.6) is 0 Å². The first-order valence-corrected chi connectivity index (χ1v) is 8.32. The van der Waals surface area contributed by atoms with E-state index in [9.17, 15) is 8.42 Å². The molecule has 0 radical (unpaired) electrons. The Morgan fingerprint density at radius 1 is 1.40 bits per heavy atom. The molecule has 1 aliphatic heterocycles. The van der Waals surface area contributed by atoms with Gasteiger partial charge in [-0.2, -0.15) is 4.31 Å². The average molecular weight is 314 g/mol. The molecule has 0 fully saturated rings. The number of nitrogen functional groups attached to an aromatic ring is 1. The quantitative estimate of drug-likeness (QED) is 0.889. The predicted molar refractivity (Wildman–Crippen MR) is 73.8 cm³/mol. The second-order valence-corrected chi connectivity index (χ2v) is 7.65. The van der Waals surface area contributed by atoms with Crippen LogP contribution in [-0.2, 0) is 23.0 Å². The summed E-state index contributed by atoms with van der Waals surface area (Å²) in [7, 11) is -3.60. The molecule has 2 aromatic heterocycles. The molecule has 1 aliphatic rings. The van der Waals surface area contributed by atoms with Crippen LogP contribution in [0.15, 0.2) is 9.42 Å². The van der Waals surface area contributed by atoms with Gasteiger partial charge in [0.05, 0.1) is 12.2 Å². The maximum Gasteiger partial charge on any atom is 0.248 e. The van der Waals surface area contributed by atoms with Crippen molar-refractivity contribution in [2.45, 2.75) is 31.7 Å². The standard InChI is InChI=1S/C11H14N4O3S2/c1-6-10(7(2)18-14-6)20(16,17)15-4-3-8-9(5-15)19-11(12)13-8/h3-5H2,1-2H3,(H2,12,13). The van der Waals surface area contributed by atoms with Gasteiger partial charge in [0, 0.05) is 17.8 Å². The molecule has 0 aromatic carbocycles. The van der Waals surface area contributed by atoms with Crippen molar-refractivity contribution >= 4 is 26.5 Å². The number of nitrogens with zero attached hydrogens (tertiary/aromatic N) is 3. The summed E-state index contributed by atoms with van der Waals surface area (Å²) in [5.41, 5.74) is 6.96. The number of thiazole rings is 1. The van der Waals surface area contributed by atoms with E-state index in [4.69, 9.17) is 10.3 Å². The Kier molecular flexibility index (Phi) is 3.07. The van der Waals surface area contributed by atoms with Gasteiger partial charge in [-0.3, -0.25) is 0 Å². The lowest BCUT2D eigenvalue weighted by Gasteiger charge is -2.25. The molecule has 2 N–H and O–H groups in total. The van der Waals surface area contributed by atoms with Crippen molar-refractivity contribution in [3.05, 3.63) is 22.0 Å². The fourth-order valence-electron chi connectivity index (χ4n) is 2.37. The van der Waals surface area contributed by atoms with Crippen LogP contribution >= 0.6 is 11.3 Å². The van der Waals surface area contributed by atoms with Crippen molar-refractivity contribution in [2.24, 2.45) is 0 Å². The lowest BCUT2D eigenvalue weighted by Crippen LogP contribution is -2.36.